The quantitative estimate of drug-likeness (QED) is 0.194. The van der Waals surface area contributed by atoms with Crippen LogP contribution < -0.4 is 21.8 Å². The molecule has 0 aromatic carbocycles. The van der Waals surface area contributed by atoms with Crippen LogP contribution in [0.25, 0.3) is 0 Å². The van der Waals surface area contributed by atoms with E-state index in [2.05, 4.69) is 21.2 Å². The normalized spacial score (nSPS) is 27.5. The second-order valence-corrected chi connectivity index (χ2v) is 5.80. The average Bonchev–Trinajstić information content (AvgIpc) is 2.52. The molecule has 21 heavy (non-hydrogen) atoms. The third kappa shape index (κ3) is 7.19. The van der Waals surface area contributed by atoms with Gasteiger partial charge in [0.05, 0.1) is 0 Å². The maximum Gasteiger partial charge on any atom is 0.196 e. The number of rotatable bonds is 9. The van der Waals surface area contributed by atoms with Crippen molar-refractivity contribution in [3.63, 3.8) is 0 Å². The zero-order valence-electron chi connectivity index (χ0n) is 13.1. The highest BCUT2D eigenvalue weighted by Gasteiger charge is 2.25. The number of nitrogens with two attached hydrogens (primary N) is 1. The van der Waals surface area contributed by atoms with Gasteiger partial charge in [-0.3, -0.25) is 16.1 Å². The monoisotopic (exact) mass is 301 g/mol. The van der Waals surface area contributed by atoms with E-state index in [1.165, 1.54) is 0 Å². The number of nitrogens with zero attached hydrogens (tertiary/aromatic N) is 1. The smallest absolute Gasteiger partial charge is 0.196 e. The Morgan fingerprint density at radius 3 is 2.52 bits per heavy atom. The van der Waals surface area contributed by atoms with Gasteiger partial charge < -0.3 is 15.9 Å². The van der Waals surface area contributed by atoms with E-state index in [1.54, 1.807) is 13.3 Å². The minimum Gasteiger partial charge on any atom is -0.378 e. The summed E-state index contributed by atoms with van der Waals surface area (Å²) in [4.78, 5) is 0. The van der Waals surface area contributed by atoms with Gasteiger partial charge in [-0.1, -0.05) is 6.92 Å². The highest BCUT2D eigenvalue weighted by molar-refractivity contribution is 5.63. The Labute approximate surface area is 127 Å². The van der Waals surface area contributed by atoms with Gasteiger partial charge >= 0.3 is 0 Å². The molecule has 0 bridgehead atoms. The van der Waals surface area contributed by atoms with Crippen molar-refractivity contribution in [2.24, 2.45) is 22.7 Å². The topological polar surface area (TPSA) is 115 Å². The summed E-state index contributed by atoms with van der Waals surface area (Å²) in [6.07, 6.45) is 5.31. The Morgan fingerprint density at radius 1 is 1.29 bits per heavy atom. The molecular formula is C14H31N5O2. The van der Waals surface area contributed by atoms with Crippen LogP contribution in [0.15, 0.2) is 5.10 Å². The molecule has 1 aliphatic rings. The van der Waals surface area contributed by atoms with Gasteiger partial charge in [0, 0.05) is 18.8 Å². The first-order valence-corrected chi connectivity index (χ1v) is 7.87. The maximum absolute atomic E-state index is 9.75. The third-order valence-corrected chi connectivity index (χ3v) is 4.17. The van der Waals surface area contributed by atoms with Crippen LogP contribution in [0.2, 0.25) is 0 Å². The molecule has 0 radical (unpaired) electrons. The second-order valence-electron chi connectivity index (χ2n) is 5.80. The van der Waals surface area contributed by atoms with Gasteiger partial charge in [0.2, 0.25) is 0 Å². The highest BCUT2D eigenvalue weighted by Crippen LogP contribution is 2.29. The van der Waals surface area contributed by atoms with Crippen molar-refractivity contribution < 1.29 is 10.2 Å². The van der Waals surface area contributed by atoms with Crippen LogP contribution in [-0.4, -0.2) is 48.6 Å². The van der Waals surface area contributed by atoms with Crippen LogP contribution >= 0.6 is 0 Å². The molecule has 7 nitrogen and oxygen atoms in total. The Bertz CT molecular complexity index is 295. The summed E-state index contributed by atoms with van der Waals surface area (Å²) in [6.45, 7) is 2.72. The minimum atomic E-state index is -0.856. The van der Waals surface area contributed by atoms with E-state index < -0.39 is 12.6 Å². The number of hydrazone groups is 1. The molecule has 0 amide bonds. The molecule has 1 aliphatic carbocycles. The number of nitrogens with one attached hydrogen (secondary N) is 3. The lowest BCUT2D eigenvalue weighted by Gasteiger charge is -2.31. The molecule has 1 rings (SSSR count). The fraction of sp³-hybridized carbons (Fsp3) is 0.929. The van der Waals surface area contributed by atoms with Gasteiger partial charge in [0.15, 0.2) is 6.35 Å². The molecule has 0 heterocycles. The molecule has 7 heteroatoms. The molecular weight excluding hydrogens is 270 g/mol. The van der Waals surface area contributed by atoms with Gasteiger partial charge in [-0.25, -0.2) is 0 Å². The Kier molecular flexibility index (Phi) is 8.79. The van der Waals surface area contributed by atoms with Crippen molar-refractivity contribution in [1.29, 1.82) is 0 Å². The number of hydrogen-bond donors (Lipinski definition) is 6. The molecule has 0 aromatic rings. The van der Waals surface area contributed by atoms with Gasteiger partial charge in [-0.05, 0) is 51.0 Å². The number of aliphatic hydroxyl groups excluding tert-OH is 2. The maximum atomic E-state index is 9.75. The molecule has 0 spiro atoms. The number of aliphatic hydroxyl groups is 2. The molecule has 124 valence electrons. The minimum absolute atomic E-state index is 0.0846. The second kappa shape index (κ2) is 10.1. The van der Waals surface area contributed by atoms with Crippen LogP contribution in [0.3, 0.4) is 0 Å². The summed E-state index contributed by atoms with van der Waals surface area (Å²) in [5.74, 6) is 0.873. The molecule has 1 fully saturated rings. The molecule has 3 atom stereocenters. The Hall–Kier alpha value is -0.730. The lowest BCUT2D eigenvalue weighted by atomic mass is 9.81. The van der Waals surface area contributed by atoms with Crippen LogP contribution in [0.4, 0.5) is 0 Å². The summed E-state index contributed by atoms with van der Waals surface area (Å²) < 4.78 is 0. The summed E-state index contributed by atoms with van der Waals surface area (Å²) in [6, 6.07) is -0.0846. The van der Waals surface area contributed by atoms with Crippen molar-refractivity contribution in [2.45, 2.75) is 57.6 Å². The summed E-state index contributed by atoms with van der Waals surface area (Å²) >= 11 is 0. The third-order valence-electron chi connectivity index (χ3n) is 4.17. The van der Waals surface area contributed by atoms with Crippen molar-refractivity contribution in [3.05, 3.63) is 0 Å². The van der Waals surface area contributed by atoms with Crippen molar-refractivity contribution in [1.82, 2.24) is 16.1 Å². The Balaban J connectivity index is 2.14. The fourth-order valence-corrected chi connectivity index (χ4v) is 2.58. The zero-order valence-corrected chi connectivity index (χ0v) is 13.1. The average molecular weight is 301 g/mol. The van der Waals surface area contributed by atoms with Crippen LogP contribution in [0, 0.1) is 11.8 Å². The fourth-order valence-electron chi connectivity index (χ4n) is 2.58. The van der Waals surface area contributed by atoms with Gasteiger partial charge in [0.1, 0.15) is 6.23 Å². The van der Waals surface area contributed by atoms with E-state index >= 15 is 0 Å². The molecule has 7 N–H and O–H groups in total. The summed E-state index contributed by atoms with van der Waals surface area (Å²) in [7, 11) is 1.78. The van der Waals surface area contributed by atoms with Gasteiger partial charge in [-0.2, -0.15) is 5.10 Å². The van der Waals surface area contributed by atoms with Gasteiger partial charge in [-0.15, -0.1) is 0 Å². The number of hydrogen-bond acceptors (Lipinski definition) is 7. The molecule has 1 saturated carbocycles. The first-order valence-electron chi connectivity index (χ1n) is 7.87. The first-order chi connectivity index (χ1) is 10.1. The molecule has 0 saturated heterocycles. The summed E-state index contributed by atoms with van der Waals surface area (Å²) in [5, 5.41) is 29.3. The van der Waals surface area contributed by atoms with Crippen molar-refractivity contribution in [3.8, 4) is 0 Å². The molecule has 0 aromatic heterocycles. The predicted octanol–water partition coefficient (Wildman–Crippen LogP) is -0.491. The van der Waals surface area contributed by atoms with E-state index in [1.807, 2.05) is 6.92 Å². The largest absolute Gasteiger partial charge is 0.378 e. The van der Waals surface area contributed by atoms with E-state index in [4.69, 9.17) is 5.73 Å². The zero-order chi connectivity index (χ0) is 15.7. The van der Waals surface area contributed by atoms with E-state index in [0.717, 1.165) is 38.6 Å². The van der Waals surface area contributed by atoms with E-state index in [9.17, 15) is 10.2 Å². The lowest BCUT2D eigenvalue weighted by molar-refractivity contribution is 0.0475. The predicted molar refractivity (Wildman–Crippen MR) is 84.4 cm³/mol. The lowest BCUT2D eigenvalue weighted by Crippen LogP contribution is -2.43. The van der Waals surface area contributed by atoms with Crippen LogP contribution in [0.1, 0.15) is 39.0 Å². The van der Waals surface area contributed by atoms with Crippen molar-refractivity contribution in [2.75, 3.05) is 13.6 Å². The van der Waals surface area contributed by atoms with Crippen LogP contribution in [0.5, 0.6) is 0 Å². The van der Waals surface area contributed by atoms with E-state index in [0.29, 0.717) is 11.8 Å². The molecule has 0 aliphatic heterocycles. The Morgan fingerprint density at radius 2 is 1.95 bits per heavy atom. The van der Waals surface area contributed by atoms with Crippen molar-refractivity contribution >= 4 is 6.21 Å². The summed E-state index contributed by atoms with van der Waals surface area (Å²) in [5.41, 5.74) is 8.29. The standard InChI is InChI=1S/C14H31N5O2/c1-3-12(15)9-18-19-14(21)17-8-10-4-6-11(7-5-10)13(20)16-2/h9-14,16-17,19-21H,3-8,15H2,1-2H3/b18-9+/t10?,11?,12-,13?,14?/m0/s1. The first kappa shape index (κ1) is 18.3. The highest BCUT2D eigenvalue weighted by atomic mass is 16.3. The van der Waals surface area contributed by atoms with Crippen LogP contribution in [-0.2, 0) is 0 Å². The molecule has 2 unspecified atom stereocenters. The van der Waals surface area contributed by atoms with Gasteiger partial charge in [0.25, 0.3) is 0 Å². The SMILES string of the molecule is CC[C@H](N)/C=N/NC(O)NCC1CCC(C(O)NC)CC1. The van der Waals surface area contributed by atoms with E-state index in [-0.39, 0.29) is 6.04 Å².